The van der Waals surface area contributed by atoms with Gasteiger partial charge >= 0.3 is 0 Å². The summed E-state index contributed by atoms with van der Waals surface area (Å²) in [6.07, 6.45) is 6.82. The monoisotopic (exact) mass is 262 g/mol. The minimum Gasteiger partial charge on any atom is -0.330 e. The van der Waals surface area contributed by atoms with Gasteiger partial charge in [0.15, 0.2) is 0 Å². The lowest BCUT2D eigenvalue weighted by Crippen LogP contribution is -2.36. The van der Waals surface area contributed by atoms with Crippen LogP contribution in [0, 0.1) is 12.8 Å². The van der Waals surface area contributed by atoms with Crippen LogP contribution in [0.2, 0.25) is 0 Å². The predicted octanol–water partition coefficient (Wildman–Crippen LogP) is 2.30. The molecule has 0 radical (unpaired) electrons. The van der Waals surface area contributed by atoms with Gasteiger partial charge in [0.1, 0.15) is 5.82 Å². The van der Waals surface area contributed by atoms with E-state index in [1.165, 1.54) is 25.7 Å². The largest absolute Gasteiger partial charge is 0.330 e. The van der Waals surface area contributed by atoms with Crippen LogP contribution < -0.4 is 5.73 Å². The summed E-state index contributed by atoms with van der Waals surface area (Å²) in [6, 6.07) is 2.43. The zero-order valence-electron chi connectivity index (χ0n) is 12.2. The summed E-state index contributed by atoms with van der Waals surface area (Å²) >= 11 is 0. The molecule has 1 aliphatic heterocycles. The van der Waals surface area contributed by atoms with Crippen molar-refractivity contribution in [3.8, 4) is 0 Å². The van der Waals surface area contributed by atoms with Crippen LogP contribution in [0.3, 0.4) is 0 Å². The Hall–Kier alpha value is -1.00. The van der Waals surface area contributed by atoms with E-state index in [0.717, 1.165) is 31.2 Å². The highest BCUT2D eigenvalue weighted by Gasteiger charge is 2.30. The van der Waals surface area contributed by atoms with Crippen molar-refractivity contribution in [2.45, 2.75) is 45.6 Å². The van der Waals surface area contributed by atoms with E-state index in [2.05, 4.69) is 27.9 Å². The molecule has 2 N–H and O–H groups in total. The van der Waals surface area contributed by atoms with Crippen molar-refractivity contribution in [3.05, 3.63) is 23.8 Å². The normalized spacial score (nSPS) is 25.2. The van der Waals surface area contributed by atoms with Crippen LogP contribution in [0.1, 0.15) is 50.2 Å². The summed E-state index contributed by atoms with van der Waals surface area (Å²) in [4.78, 5) is 11.5. The lowest BCUT2D eigenvalue weighted by atomic mass is 9.92. The van der Waals surface area contributed by atoms with Crippen LogP contribution in [-0.2, 0) is 0 Å². The number of nitrogens with two attached hydrogens (primary N) is 1. The van der Waals surface area contributed by atoms with E-state index < -0.39 is 0 Å². The predicted molar refractivity (Wildman–Crippen MR) is 77.8 cm³/mol. The maximum atomic E-state index is 6.03. The van der Waals surface area contributed by atoms with Crippen LogP contribution in [0.25, 0.3) is 0 Å². The number of hydrogen-bond donors (Lipinski definition) is 1. The molecule has 19 heavy (non-hydrogen) atoms. The minimum absolute atomic E-state index is 0.370. The van der Waals surface area contributed by atoms with Crippen molar-refractivity contribution in [3.63, 3.8) is 0 Å². The van der Waals surface area contributed by atoms with Crippen LogP contribution in [0.15, 0.2) is 12.3 Å². The fourth-order valence-electron chi connectivity index (χ4n) is 3.17. The van der Waals surface area contributed by atoms with Crippen molar-refractivity contribution in [2.75, 3.05) is 19.6 Å². The molecule has 4 heteroatoms. The van der Waals surface area contributed by atoms with Crippen molar-refractivity contribution in [2.24, 2.45) is 11.7 Å². The van der Waals surface area contributed by atoms with E-state index >= 15 is 0 Å². The Labute approximate surface area is 116 Å². The fraction of sp³-hybridized carbons (Fsp3) is 0.733. The van der Waals surface area contributed by atoms with Gasteiger partial charge in [-0.1, -0.05) is 13.3 Å². The van der Waals surface area contributed by atoms with Gasteiger partial charge in [0.2, 0.25) is 0 Å². The molecule has 0 aromatic carbocycles. The van der Waals surface area contributed by atoms with E-state index in [9.17, 15) is 0 Å². The highest BCUT2D eigenvalue weighted by molar-refractivity contribution is 5.10. The number of rotatable bonds is 4. The van der Waals surface area contributed by atoms with Crippen LogP contribution in [0.4, 0.5) is 0 Å². The third-order valence-electron chi connectivity index (χ3n) is 4.02. The fourth-order valence-corrected chi connectivity index (χ4v) is 3.17. The molecule has 4 nitrogen and oxygen atoms in total. The van der Waals surface area contributed by atoms with Gasteiger partial charge in [-0.15, -0.1) is 0 Å². The molecule has 2 rings (SSSR count). The topological polar surface area (TPSA) is 55.0 Å². The van der Waals surface area contributed by atoms with E-state index in [4.69, 9.17) is 5.73 Å². The maximum Gasteiger partial charge on any atom is 0.125 e. The van der Waals surface area contributed by atoms with Gasteiger partial charge in [-0.25, -0.2) is 9.97 Å². The molecule has 0 aliphatic carbocycles. The Bertz CT molecular complexity index is 393. The molecule has 1 saturated heterocycles. The van der Waals surface area contributed by atoms with Crippen molar-refractivity contribution >= 4 is 0 Å². The molecule has 1 aromatic rings. The first-order chi connectivity index (χ1) is 9.26. The molecule has 1 fully saturated rings. The molecule has 1 aliphatic rings. The van der Waals surface area contributed by atoms with E-state index in [0.29, 0.717) is 12.0 Å². The number of hydrogen-bond acceptors (Lipinski definition) is 4. The van der Waals surface area contributed by atoms with Gasteiger partial charge in [0, 0.05) is 6.20 Å². The first-order valence-electron chi connectivity index (χ1n) is 7.50. The van der Waals surface area contributed by atoms with Crippen LogP contribution in [0.5, 0.6) is 0 Å². The third-order valence-corrected chi connectivity index (χ3v) is 4.02. The van der Waals surface area contributed by atoms with Crippen molar-refractivity contribution in [1.29, 1.82) is 0 Å². The zero-order chi connectivity index (χ0) is 13.7. The standard InChI is InChI=1S/C15H26N4/c1-3-9-19-10-5-4-6-13(11-16)15(19)14-7-8-17-12(2)18-14/h7-8,13,15H,3-6,9-11,16H2,1-2H3. The molecule has 0 amide bonds. The summed E-state index contributed by atoms with van der Waals surface area (Å²) in [5, 5.41) is 0. The molecule has 2 atom stereocenters. The molecule has 1 aromatic heterocycles. The van der Waals surface area contributed by atoms with Crippen LogP contribution in [-0.4, -0.2) is 34.5 Å². The molecule has 106 valence electrons. The summed E-state index contributed by atoms with van der Waals surface area (Å²) in [6.45, 7) is 7.24. The average molecular weight is 262 g/mol. The van der Waals surface area contributed by atoms with Crippen LogP contribution >= 0.6 is 0 Å². The molecule has 0 saturated carbocycles. The van der Waals surface area contributed by atoms with Crippen molar-refractivity contribution in [1.82, 2.24) is 14.9 Å². The number of likely N-dealkylation sites (tertiary alicyclic amines) is 1. The second-order valence-electron chi connectivity index (χ2n) is 5.50. The van der Waals surface area contributed by atoms with Crippen molar-refractivity contribution < 1.29 is 0 Å². The Morgan fingerprint density at radius 2 is 2.26 bits per heavy atom. The maximum absolute atomic E-state index is 6.03. The Morgan fingerprint density at radius 3 is 2.95 bits per heavy atom. The van der Waals surface area contributed by atoms with Gasteiger partial charge in [-0.2, -0.15) is 0 Å². The smallest absolute Gasteiger partial charge is 0.125 e. The second kappa shape index (κ2) is 6.96. The van der Waals surface area contributed by atoms with E-state index in [1.807, 2.05) is 13.1 Å². The zero-order valence-corrected chi connectivity index (χ0v) is 12.2. The lowest BCUT2D eigenvalue weighted by molar-refractivity contribution is 0.154. The molecule has 0 bridgehead atoms. The van der Waals surface area contributed by atoms with Gasteiger partial charge in [-0.3, -0.25) is 4.90 Å². The average Bonchev–Trinajstić information content (AvgIpc) is 2.61. The minimum atomic E-state index is 0.370. The third kappa shape index (κ3) is 3.51. The Morgan fingerprint density at radius 1 is 1.42 bits per heavy atom. The lowest BCUT2D eigenvalue weighted by Gasteiger charge is -2.34. The number of aryl methyl sites for hydroxylation is 1. The SMILES string of the molecule is CCCN1CCCCC(CN)C1c1ccnc(C)n1. The summed E-state index contributed by atoms with van der Waals surface area (Å²) in [5.74, 6) is 1.37. The quantitative estimate of drug-likeness (QED) is 0.904. The summed E-state index contributed by atoms with van der Waals surface area (Å²) < 4.78 is 0. The Kier molecular flexibility index (Phi) is 5.28. The van der Waals surface area contributed by atoms with Gasteiger partial charge < -0.3 is 5.73 Å². The molecule has 2 unspecified atom stereocenters. The molecular formula is C15H26N4. The first-order valence-corrected chi connectivity index (χ1v) is 7.50. The highest BCUT2D eigenvalue weighted by Crippen LogP contribution is 2.33. The first kappa shape index (κ1) is 14.4. The van der Waals surface area contributed by atoms with E-state index in [1.54, 1.807) is 0 Å². The van der Waals surface area contributed by atoms with Gasteiger partial charge in [-0.05, 0) is 57.8 Å². The number of aromatic nitrogens is 2. The van der Waals surface area contributed by atoms with E-state index in [-0.39, 0.29) is 0 Å². The number of nitrogens with zero attached hydrogens (tertiary/aromatic N) is 3. The summed E-state index contributed by atoms with van der Waals surface area (Å²) in [7, 11) is 0. The molecule has 0 spiro atoms. The molecule has 2 heterocycles. The van der Waals surface area contributed by atoms with Gasteiger partial charge in [0.05, 0.1) is 11.7 Å². The van der Waals surface area contributed by atoms with Gasteiger partial charge in [0.25, 0.3) is 0 Å². The second-order valence-corrected chi connectivity index (χ2v) is 5.50. The Balaban J connectivity index is 2.31. The summed E-state index contributed by atoms with van der Waals surface area (Å²) in [5.41, 5.74) is 7.18. The highest BCUT2D eigenvalue weighted by atomic mass is 15.2. The molecular weight excluding hydrogens is 236 g/mol.